The van der Waals surface area contributed by atoms with Crippen molar-refractivity contribution in [1.29, 1.82) is 0 Å². The largest absolute Gasteiger partial charge is 0.391 e. The van der Waals surface area contributed by atoms with Crippen molar-refractivity contribution in [1.82, 2.24) is 0 Å². The van der Waals surface area contributed by atoms with E-state index >= 15 is 0 Å². The van der Waals surface area contributed by atoms with Crippen molar-refractivity contribution in [3.8, 4) is 0 Å². The average molecular weight is 249 g/mol. The Balaban J connectivity index is 2.46. The molecule has 2 rings (SSSR count). The molecule has 1 N–H and O–H groups in total. The van der Waals surface area contributed by atoms with Crippen LogP contribution in [0.1, 0.15) is 5.56 Å². The molecule has 0 saturated carbocycles. The number of rotatable bonds is 3. The number of hydrogen-bond donors (Lipinski definition) is 1. The first-order valence-electron chi connectivity index (χ1n) is 5.51. The Morgan fingerprint density at radius 2 is 1.83 bits per heavy atom. The van der Waals surface area contributed by atoms with Crippen LogP contribution in [0.4, 0.5) is 20.2 Å². The fourth-order valence-electron chi connectivity index (χ4n) is 1.84. The summed E-state index contributed by atoms with van der Waals surface area (Å²) in [6.45, 7) is -0.401. The molecule has 0 aliphatic carbocycles. The minimum absolute atomic E-state index is 0.198. The second-order valence-corrected chi connectivity index (χ2v) is 3.93. The van der Waals surface area contributed by atoms with Gasteiger partial charge in [0.05, 0.1) is 6.61 Å². The SMILES string of the molecule is CN(c1cccc(F)c1)c1cccc(F)c1CO. The van der Waals surface area contributed by atoms with Crippen LogP contribution in [0.3, 0.4) is 0 Å². The molecule has 2 nitrogen and oxygen atoms in total. The molecule has 0 fully saturated rings. The highest BCUT2D eigenvalue weighted by molar-refractivity contribution is 5.65. The van der Waals surface area contributed by atoms with Crippen molar-refractivity contribution in [3.05, 3.63) is 59.7 Å². The molecule has 0 amide bonds. The highest BCUT2D eigenvalue weighted by Gasteiger charge is 2.12. The minimum atomic E-state index is -0.474. The number of halogens is 2. The molecule has 2 aromatic rings. The van der Waals surface area contributed by atoms with Crippen LogP contribution in [0, 0.1) is 11.6 Å². The first-order valence-corrected chi connectivity index (χ1v) is 5.51. The Labute approximate surface area is 104 Å². The molecule has 94 valence electrons. The number of hydrogen-bond acceptors (Lipinski definition) is 2. The molecule has 0 bridgehead atoms. The van der Waals surface area contributed by atoms with E-state index in [0.717, 1.165) is 0 Å². The van der Waals surface area contributed by atoms with E-state index in [4.69, 9.17) is 0 Å². The van der Waals surface area contributed by atoms with Crippen molar-refractivity contribution in [2.45, 2.75) is 6.61 Å². The van der Waals surface area contributed by atoms with Crippen LogP contribution in [0.5, 0.6) is 0 Å². The second kappa shape index (κ2) is 5.14. The highest BCUT2D eigenvalue weighted by Crippen LogP contribution is 2.28. The van der Waals surface area contributed by atoms with Gasteiger partial charge in [-0.05, 0) is 30.3 Å². The monoisotopic (exact) mass is 249 g/mol. The molecule has 0 aliphatic rings. The van der Waals surface area contributed by atoms with E-state index in [1.807, 2.05) is 0 Å². The molecule has 0 radical (unpaired) electrons. The average Bonchev–Trinajstić information content (AvgIpc) is 2.37. The summed E-state index contributed by atoms with van der Waals surface area (Å²) in [6.07, 6.45) is 0. The van der Waals surface area contributed by atoms with E-state index < -0.39 is 12.4 Å². The molecule has 0 unspecified atom stereocenters. The third-order valence-corrected chi connectivity index (χ3v) is 2.81. The van der Waals surface area contributed by atoms with Gasteiger partial charge in [0.2, 0.25) is 0 Å². The lowest BCUT2D eigenvalue weighted by Gasteiger charge is -2.22. The van der Waals surface area contributed by atoms with Crippen molar-refractivity contribution in [3.63, 3.8) is 0 Å². The topological polar surface area (TPSA) is 23.5 Å². The van der Waals surface area contributed by atoms with E-state index in [2.05, 4.69) is 0 Å². The number of benzene rings is 2. The quantitative estimate of drug-likeness (QED) is 0.902. The van der Waals surface area contributed by atoms with Gasteiger partial charge < -0.3 is 10.0 Å². The van der Waals surface area contributed by atoms with Crippen LogP contribution in [0.2, 0.25) is 0 Å². The maximum absolute atomic E-state index is 13.5. The van der Waals surface area contributed by atoms with Crippen LogP contribution in [-0.2, 0) is 6.61 Å². The highest BCUT2D eigenvalue weighted by atomic mass is 19.1. The molecule has 4 heteroatoms. The smallest absolute Gasteiger partial charge is 0.130 e. The van der Waals surface area contributed by atoms with Gasteiger partial charge in [-0.1, -0.05) is 12.1 Å². The molecular weight excluding hydrogens is 236 g/mol. The van der Waals surface area contributed by atoms with Gasteiger partial charge in [-0.2, -0.15) is 0 Å². The summed E-state index contributed by atoms with van der Waals surface area (Å²) in [6, 6.07) is 10.5. The van der Waals surface area contributed by atoms with Crippen LogP contribution >= 0.6 is 0 Å². The summed E-state index contributed by atoms with van der Waals surface area (Å²) in [5.41, 5.74) is 1.31. The van der Waals surface area contributed by atoms with Crippen molar-refractivity contribution in [2.24, 2.45) is 0 Å². The number of nitrogens with zero attached hydrogens (tertiary/aromatic N) is 1. The molecule has 2 aromatic carbocycles. The molecule has 0 aromatic heterocycles. The molecule has 0 heterocycles. The molecule has 18 heavy (non-hydrogen) atoms. The molecular formula is C14H13F2NO. The zero-order valence-corrected chi connectivity index (χ0v) is 9.90. The van der Waals surface area contributed by atoms with E-state index in [-0.39, 0.29) is 11.4 Å². The predicted octanol–water partition coefficient (Wildman–Crippen LogP) is 3.23. The zero-order chi connectivity index (χ0) is 13.1. The Morgan fingerprint density at radius 3 is 2.50 bits per heavy atom. The van der Waals surface area contributed by atoms with E-state index in [0.29, 0.717) is 11.4 Å². The normalized spacial score (nSPS) is 10.4. The first-order chi connectivity index (χ1) is 8.63. The Morgan fingerprint density at radius 1 is 1.11 bits per heavy atom. The molecule has 0 spiro atoms. The summed E-state index contributed by atoms with van der Waals surface area (Å²) in [5, 5.41) is 9.21. The summed E-state index contributed by atoms with van der Waals surface area (Å²) < 4.78 is 26.7. The number of aliphatic hydroxyl groups is 1. The predicted molar refractivity (Wildman–Crippen MR) is 66.8 cm³/mol. The van der Waals surface area contributed by atoms with Gasteiger partial charge >= 0.3 is 0 Å². The second-order valence-electron chi connectivity index (χ2n) is 3.93. The van der Waals surface area contributed by atoms with Crippen molar-refractivity contribution >= 4 is 11.4 Å². The maximum Gasteiger partial charge on any atom is 0.130 e. The fourth-order valence-corrected chi connectivity index (χ4v) is 1.84. The van der Waals surface area contributed by atoms with Crippen LogP contribution < -0.4 is 4.90 Å². The molecule has 0 saturated heterocycles. The third-order valence-electron chi connectivity index (χ3n) is 2.81. The summed E-state index contributed by atoms with van der Waals surface area (Å²) in [5.74, 6) is -0.834. The van der Waals surface area contributed by atoms with Crippen LogP contribution in [0.25, 0.3) is 0 Å². The van der Waals surface area contributed by atoms with E-state index in [1.54, 1.807) is 36.2 Å². The molecule has 0 aliphatic heterocycles. The van der Waals surface area contributed by atoms with E-state index in [9.17, 15) is 13.9 Å². The molecule has 0 atom stereocenters. The van der Waals surface area contributed by atoms with Gasteiger partial charge in [-0.25, -0.2) is 8.78 Å². The van der Waals surface area contributed by atoms with Crippen molar-refractivity contribution in [2.75, 3.05) is 11.9 Å². The van der Waals surface area contributed by atoms with Gasteiger partial charge in [-0.15, -0.1) is 0 Å². The Bertz CT molecular complexity index is 557. The third kappa shape index (κ3) is 2.33. The lowest BCUT2D eigenvalue weighted by molar-refractivity contribution is 0.276. The fraction of sp³-hybridized carbons (Fsp3) is 0.143. The lowest BCUT2D eigenvalue weighted by atomic mass is 10.1. The van der Waals surface area contributed by atoms with E-state index in [1.165, 1.54) is 18.2 Å². The Hall–Kier alpha value is -1.94. The van der Waals surface area contributed by atoms with Gasteiger partial charge in [0, 0.05) is 24.0 Å². The lowest BCUT2D eigenvalue weighted by Crippen LogP contribution is -2.13. The van der Waals surface area contributed by atoms with Gasteiger partial charge in [-0.3, -0.25) is 0 Å². The van der Waals surface area contributed by atoms with Crippen LogP contribution in [-0.4, -0.2) is 12.2 Å². The van der Waals surface area contributed by atoms with Crippen molar-refractivity contribution < 1.29 is 13.9 Å². The zero-order valence-electron chi connectivity index (χ0n) is 9.90. The first kappa shape index (κ1) is 12.5. The standard InChI is InChI=1S/C14H13F2NO/c1-17(11-5-2-4-10(15)8-11)14-7-3-6-13(16)12(14)9-18/h2-8,18H,9H2,1H3. The summed E-state index contributed by atoms with van der Waals surface area (Å²) in [7, 11) is 1.70. The number of aliphatic hydroxyl groups excluding tert-OH is 1. The van der Waals surface area contributed by atoms with Gasteiger partial charge in [0.15, 0.2) is 0 Å². The van der Waals surface area contributed by atoms with Gasteiger partial charge in [0.1, 0.15) is 11.6 Å². The Kier molecular flexibility index (Phi) is 3.58. The van der Waals surface area contributed by atoms with Crippen LogP contribution in [0.15, 0.2) is 42.5 Å². The van der Waals surface area contributed by atoms with Gasteiger partial charge in [0.25, 0.3) is 0 Å². The maximum atomic E-state index is 13.5. The summed E-state index contributed by atoms with van der Waals surface area (Å²) >= 11 is 0. The minimum Gasteiger partial charge on any atom is -0.391 e. The summed E-state index contributed by atoms with van der Waals surface area (Å²) in [4.78, 5) is 1.64. The number of anilines is 2.